The minimum Gasteiger partial charge on any atom is -0.419 e. The fourth-order valence-electron chi connectivity index (χ4n) is 2.08. The highest BCUT2D eigenvalue weighted by Crippen LogP contribution is 2.17. The summed E-state index contributed by atoms with van der Waals surface area (Å²) in [7, 11) is -3.63. The molecule has 1 N–H and O–H groups in total. The normalized spacial score (nSPS) is 11.5. The molecule has 8 heteroatoms. The monoisotopic (exact) mass is 344 g/mol. The third-order valence-corrected chi connectivity index (χ3v) is 4.87. The summed E-state index contributed by atoms with van der Waals surface area (Å²) in [6.07, 6.45) is 4.08. The fraction of sp³-hybridized carbons (Fsp3) is 0.188. The number of pyridine rings is 1. The number of nitrogens with one attached hydrogen (secondary N) is 1. The molecule has 0 saturated carbocycles. The summed E-state index contributed by atoms with van der Waals surface area (Å²) in [6.45, 7) is 1.94. The number of rotatable bonds is 6. The topological polar surface area (TPSA) is 98.0 Å². The molecule has 0 fully saturated rings. The summed E-state index contributed by atoms with van der Waals surface area (Å²) in [5.41, 5.74) is 1.80. The van der Waals surface area contributed by atoms with Gasteiger partial charge in [-0.1, -0.05) is 19.1 Å². The standard InChI is InChI=1S/C16H16N4O3S/c1-2-12-3-5-14(6-4-12)24(21,22)18-11-15-19-20-16(23-15)13-7-9-17-10-8-13/h3-10,18H,2,11H2,1H3. The third kappa shape index (κ3) is 3.66. The number of aromatic nitrogens is 3. The van der Waals surface area contributed by atoms with Gasteiger partial charge in [-0.3, -0.25) is 4.98 Å². The minimum atomic E-state index is -3.63. The molecule has 0 unspecified atom stereocenters. The lowest BCUT2D eigenvalue weighted by Gasteiger charge is -2.05. The maximum atomic E-state index is 12.3. The Morgan fingerprint density at radius 1 is 1.04 bits per heavy atom. The van der Waals surface area contributed by atoms with E-state index >= 15 is 0 Å². The molecule has 24 heavy (non-hydrogen) atoms. The molecule has 0 atom stereocenters. The van der Waals surface area contributed by atoms with Gasteiger partial charge in [0.05, 0.1) is 11.4 Å². The molecule has 0 aliphatic rings. The zero-order chi connectivity index (χ0) is 17.0. The van der Waals surface area contributed by atoms with E-state index < -0.39 is 10.0 Å². The van der Waals surface area contributed by atoms with Gasteiger partial charge < -0.3 is 4.42 Å². The first kappa shape index (κ1) is 16.3. The zero-order valence-electron chi connectivity index (χ0n) is 13.0. The van der Waals surface area contributed by atoms with Crippen molar-refractivity contribution in [2.45, 2.75) is 24.8 Å². The molecule has 0 radical (unpaired) electrons. The molecule has 0 amide bonds. The van der Waals surface area contributed by atoms with E-state index in [1.807, 2.05) is 6.92 Å². The van der Waals surface area contributed by atoms with Crippen molar-refractivity contribution >= 4 is 10.0 Å². The number of benzene rings is 1. The van der Waals surface area contributed by atoms with Crippen molar-refractivity contribution in [3.05, 3.63) is 60.2 Å². The number of nitrogens with zero attached hydrogens (tertiary/aromatic N) is 3. The quantitative estimate of drug-likeness (QED) is 0.736. The average Bonchev–Trinajstić information content (AvgIpc) is 3.10. The second-order valence-corrected chi connectivity index (χ2v) is 6.83. The van der Waals surface area contributed by atoms with Gasteiger partial charge in [0.25, 0.3) is 0 Å². The van der Waals surface area contributed by atoms with Crippen LogP contribution in [-0.4, -0.2) is 23.6 Å². The second-order valence-electron chi connectivity index (χ2n) is 5.06. The number of hydrogen-bond donors (Lipinski definition) is 1. The molecule has 124 valence electrons. The Bertz CT molecular complexity index is 906. The van der Waals surface area contributed by atoms with Crippen molar-refractivity contribution in [1.29, 1.82) is 0 Å². The Balaban J connectivity index is 1.69. The summed E-state index contributed by atoms with van der Waals surface area (Å²) in [6, 6.07) is 10.2. The summed E-state index contributed by atoms with van der Waals surface area (Å²) in [4.78, 5) is 4.11. The lowest BCUT2D eigenvalue weighted by molar-refractivity contribution is 0.494. The molecule has 2 heterocycles. The minimum absolute atomic E-state index is 0.0735. The summed E-state index contributed by atoms with van der Waals surface area (Å²) >= 11 is 0. The molecule has 0 spiro atoms. The van der Waals surface area contributed by atoms with E-state index in [0.717, 1.165) is 17.5 Å². The molecular formula is C16H16N4O3S. The average molecular weight is 344 g/mol. The molecule has 0 aliphatic heterocycles. The molecular weight excluding hydrogens is 328 g/mol. The van der Waals surface area contributed by atoms with Gasteiger partial charge in [-0.05, 0) is 36.2 Å². The summed E-state index contributed by atoms with van der Waals surface area (Å²) < 4.78 is 32.5. The Morgan fingerprint density at radius 2 is 1.75 bits per heavy atom. The summed E-state index contributed by atoms with van der Waals surface area (Å²) in [5.74, 6) is 0.509. The van der Waals surface area contributed by atoms with Crippen LogP contribution >= 0.6 is 0 Å². The lowest BCUT2D eigenvalue weighted by atomic mass is 10.2. The van der Waals surface area contributed by atoms with Crippen molar-refractivity contribution in [3.63, 3.8) is 0 Å². The van der Waals surface area contributed by atoms with Gasteiger partial charge >= 0.3 is 0 Å². The van der Waals surface area contributed by atoms with Crippen molar-refractivity contribution in [3.8, 4) is 11.5 Å². The first-order chi connectivity index (χ1) is 11.6. The maximum absolute atomic E-state index is 12.3. The summed E-state index contributed by atoms with van der Waals surface area (Å²) in [5, 5.41) is 7.76. The van der Waals surface area contributed by atoms with Crippen molar-refractivity contribution in [2.75, 3.05) is 0 Å². The lowest BCUT2D eigenvalue weighted by Crippen LogP contribution is -2.23. The van der Waals surface area contributed by atoms with E-state index in [1.54, 1.807) is 48.8 Å². The Morgan fingerprint density at radius 3 is 2.42 bits per heavy atom. The first-order valence-corrected chi connectivity index (χ1v) is 8.88. The smallest absolute Gasteiger partial charge is 0.247 e. The molecule has 1 aromatic carbocycles. The molecule has 3 aromatic rings. The van der Waals surface area contributed by atoms with Gasteiger partial charge in [0.1, 0.15) is 0 Å². The zero-order valence-corrected chi connectivity index (χ0v) is 13.8. The van der Waals surface area contributed by atoms with Crippen molar-refractivity contribution in [1.82, 2.24) is 19.9 Å². The highest BCUT2D eigenvalue weighted by atomic mass is 32.2. The highest BCUT2D eigenvalue weighted by molar-refractivity contribution is 7.89. The van der Waals surface area contributed by atoms with Crippen LogP contribution in [0.25, 0.3) is 11.5 Å². The van der Waals surface area contributed by atoms with Gasteiger partial charge in [0.2, 0.25) is 21.8 Å². The Labute approximate surface area is 139 Å². The van der Waals surface area contributed by atoms with Gasteiger partial charge in [-0.2, -0.15) is 0 Å². The van der Waals surface area contributed by atoms with Crippen LogP contribution < -0.4 is 4.72 Å². The first-order valence-electron chi connectivity index (χ1n) is 7.40. The van der Waals surface area contributed by atoms with E-state index in [-0.39, 0.29) is 17.3 Å². The van der Waals surface area contributed by atoms with Crippen LogP contribution in [0.3, 0.4) is 0 Å². The second kappa shape index (κ2) is 6.90. The van der Waals surface area contributed by atoms with E-state index in [4.69, 9.17) is 4.42 Å². The van der Waals surface area contributed by atoms with E-state index in [0.29, 0.717) is 5.89 Å². The predicted molar refractivity (Wildman–Crippen MR) is 87.4 cm³/mol. The van der Waals surface area contributed by atoms with Crippen LogP contribution in [-0.2, 0) is 23.0 Å². The van der Waals surface area contributed by atoms with Gasteiger partial charge in [-0.15, -0.1) is 10.2 Å². The van der Waals surface area contributed by atoms with E-state index in [1.165, 1.54) is 0 Å². The van der Waals surface area contributed by atoms with Crippen LogP contribution in [0.2, 0.25) is 0 Å². The van der Waals surface area contributed by atoms with Crippen LogP contribution in [0.15, 0.2) is 58.1 Å². The van der Waals surface area contributed by atoms with E-state index in [9.17, 15) is 8.42 Å². The molecule has 0 bridgehead atoms. The van der Waals surface area contributed by atoms with Crippen LogP contribution in [0, 0.1) is 0 Å². The molecule has 7 nitrogen and oxygen atoms in total. The predicted octanol–water partition coefficient (Wildman–Crippen LogP) is 2.17. The molecule has 0 aliphatic carbocycles. The van der Waals surface area contributed by atoms with Crippen molar-refractivity contribution in [2.24, 2.45) is 0 Å². The van der Waals surface area contributed by atoms with E-state index in [2.05, 4.69) is 19.9 Å². The highest BCUT2D eigenvalue weighted by Gasteiger charge is 2.16. The Kier molecular flexibility index (Phi) is 4.68. The Hall–Kier alpha value is -2.58. The molecule has 3 rings (SSSR count). The van der Waals surface area contributed by atoms with Gasteiger partial charge in [-0.25, -0.2) is 13.1 Å². The maximum Gasteiger partial charge on any atom is 0.247 e. The number of sulfonamides is 1. The van der Waals surface area contributed by atoms with Crippen LogP contribution in [0.1, 0.15) is 18.4 Å². The number of aryl methyl sites for hydroxylation is 1. The van der Waals surface area contributed by atoms with Crippen molar-refractivity contribution < 1.29 is 12.8 Å². The SMILES string of the molecule is CCc1ccc(S(=O)(=O)NCc2nnc(-c3ccncc3)o2)cc1. The van der Waals surface area contributed by atoms with Gasteiger partial charge in [0, 0.05) is 18.0 Å². The van der Waals surface area contributed by atoms with Crippen LogP contribution in [0.4, 0.5) is 0 Å². The van der Waals surface area contributed by atoms with Gasteiger partial charge in [0.15, 0.2) is 0 Å². The molecule has 2 aromatic heterocycles. The van der Waals surface area contributed by atoms with Crippen LogP contribution in [0.5, 0.6) is 0 Å². The third-order valence-electron chi connectivity index (χ3n) is 3.45. The fourth-order valence-corrected chi connectivity index (χ4v) is 3.06. The molecule has 0 saturated heterocycles. The largest absolute Gasteiger partial charge is 0.419 e. The number of hydrogen-bond acceptors (Lipinski definition) is 6.